The molecular weight excluding hydrogens is 286 g/mol. The maximum absolute atomic E-state index is 12.1. The van der Waals surface area contributed by atoms with Crippen LogP contribution in [0.15, 0.2) is 22.9 Å². The number of hydrogen-bond acceptors (Lipinski definition) is 4. The first-order chi connectivity index (χ1) is 8.22. The second-order valence-electron chi connectivity index (χ2n) is 3.87. The van der Waals surface area contributed by atoms with Crippen LogP contribution in [0.1, 0.15) is 0 Å². The number of likely N-dealkylation sites (N-methyl/N-ethyl adjacent to an activating group) is 1. The molecule has 17 heavy (non-hydrogen) atoms. The fraction of sp³-hybridized carbons (Fsp3) is 0.455. The highest BCUT2D eigenvalue weighted by atomic mass is 79.9. The van der Waals surface area contributed by atoms with Gasteiger partial charge in [0.1, 0.15) is 4.60 Å². The molecule has 1 saturated heterocycles. The quantitative estimate of drug-likeness (QED) is 0.818. The van der Waals surface area contributed by atoms with Crippen molar-refractivity contribution in [2.75, 3.05) is 25.6 Å². The van der Waals surface area contributed by atoms with E-state index in [-0.39, 0.29) is 17.9 Å². The lowest BCUT2D eigenvalue weighted by molar-refractivity contribution is -0.120. The smallest absolute Gasteiger partial charge is 0.231 e. The van der Waals surface area contributed by atoms with E-state index in [1.807, 2.05) is 7.05 Å². The molecule has 2 rings (SSSR count). The van der Waals surface area contributed by atoms with E-state index in [4.69, 9.17) is 4.74 Å². The summed E-state index contributed by atoms with van der Waals surface area (Å²) in [6.45, 7) is 1.03. The summed E-state index contributed by atoms with van der Waals surface area (Å²) >= 11 is 3.29. The monoisotopic (exact) mass is 299 g/mol. The van der Waals surface area contributed by atoms with Crippen molar-refractivity contribution in [2.45, 2.75) is 6.04 Å². The van der Waals surface area contributed by atoms with E-state index in [9.17, 15) is 4.79 Å². The molecule has 2 heterocycles. The highest BCUT2D eigenvalue weighted by Crippen LogP contribution is 2.21. The Morgan fingerprint density at radius 1 is 1.59 bits per heavy atom. The lowest BCUT2D eigenvalue weighted by Gasteiger charge is -2.16. The molecular formula is C11H14BrN3O2. The van der Waals surface area contributed by atoms with E-state index in [1.54, 1.807) is 18.3 Å². The van der Waals surface area contributed by atoms with Crippen molar-refractivity contribution in [3.63, 3.8) is 0 Å². The summed E-state index contributed by atoms with van der Waals surface area (Å²) in [5.41, 5.74) is 0.680. The zero-order chi connectivity index (χ0) is 12.3. The van der Waals surface area contributed by atoms with Crippen LogP contribution in [-0.2, 0) is 9.53 Å². The Labute approximate surface area is 108 Å². The van der Waals surface area contributed by atoms with Crippen LogP contribution in [0.3, 0.4) is 0 Å². The molecule has 92 valence electrons. The average Bonchev–Trinajstić information content (AvgIpc) is 2.80. The van der Waals surface area contributed by atoms with Gasteiger partial charge in [-0.2, -0.15) is 0 Å². The summed E-state index contributed by atoms with van der Waals surface area (Å²) in [4.78, 5) is 16.1. The van der Waals surface area contributed by atoms with Gasteiger partial charge in [-0.05, 0) is 35.1 Å². The van der Waals surface area contributed by atoms with Gasteiger partial charge in [-0.15, -0.1) is 0 Å². The summed E-state index contributed by atoms with van der Waals surface area (Å²) in [6, 6.07) is 3.66. The van der Waals surface area contributed by atoms with Crippen molar-refractivity contribution in [1.82, 2.24) is 10.3 Å². The molecule has 2 unspecified atom stereocenters. The number of rotatable bonds is 3. The maximum Gasteiger partial charge on any atom is 0.231 e. The SMILES string of the molecule is CNC1COCC1C(=O)Nc1cccnc1Br. The minimum absolute atomic E-state index is 0.0458. The van der Waals surface area contributed by atoms with Gasteiger partial charge < -0.3 is 15.4 Å². The molecule has 2 atom stereocenters. The average molecular weight is 300 g/mol. The van der Waals surface area contributed by atoms with Crippen LogP contribution in [0.25, 0.3) is 0 Å². The number of amides is 1. The lowest BCUT2D eigenvalue weighted by Crippen LogP contribution is -2.39. The summed E-state index contributed by atoms with van der Waals surface area (Å²) in [5, 5.41) is 5.93. The Balaban J connectivity index is 2.04. The number of pyridine rings is 1. The van der Waals surface area contributed by atoms with E-state index in [0.717, 1.165) is 0 Å². The van der Waals surface area contributed by atoms with Crippen LogP contribution in [0.4, 0.5) is 5.69 Å². The molecule has 5 nitrogen and oxygen atoms in total. The van der Waals surface area contributed by atoms with Gasteiger partial charge in [0.05, 0.1) is 24.8 Å². The number of halogens is 1. The summed E-state index contributed by atoms with van der Waals surface area (Å²) < 4.78 is 5.93. The number of hydrogen-bond donors (Lipinski definition) is 2. The second kappa shape index (κ2) is 5.57. The topological polar surface area (TPSA) is 63.2 Å². The third kappa shape index (κ3) is 2.83. The zero-order valence-electron chi connectivity index (χ0n) is 9.44. The third-order valence-corrected chi connectivity index (χ3v) is 3.44. The van der Waals surface area contributed by atoms with Crippen LogP contribution in [0.2, 0.25) is 0 Å². The van der Waals surface area contributed by atoms with Gasteiger partial charge in [0.2, 0.25) is 5.91 Å². The van der Waals surface area contributed by atoms with Crippen molar-refractivity contribution in [3.05, 3.63) is 22.9 Å². The van der Waals surface area contributed by atoms with Crippen molar-refractivity contribution >= 4 is 27.5 Å². The van der Waals surface area contributed by atoms with Crippen molar-refractivity contribution in [2.24, 2.45) is 5.92 Å². The standard InChI is InChI=1S/C11H14BrN3O2/c1-13-9-6-17-5-7(9)11(16)15-8-3-2-4-14-10(8)12/h2-4,7,9,13H,5-6H2,1H3,(H,15,16). The Hall–Kier alpha value is -0.980. The maximum atomic E-state index is 12.1. The van der Waals surface area contributed by atoms with E-state index in [2.05, 4.69) is 31.5 Å². The minimum Gasteiger partial charge on any atom is -0.379 e. The summed E-state index contributed by atoms with van der Waals surface area (Å²) in [5.74, 6) is -0.206. The number of nitrogens with zero attached hydrogens (tertiary/aromatic N) is 1. The van der Waals surface area contributed by atoms with Crippen molar-refractivity contribution in [1.29, 1.82) is 0 Å². The first-order valence-corrected chi connectivity index (χ1v) is 6.18. The molecule has 0 saturated carbocycles. The Kier molecular flexibility index (Phi) is 4.09. The highest BCUT2D eigenvalue weighted by Gasteiger charge is 2.33. The van der Waals surface area contributed by atoms with Crippen LogP contribution in [0.5, 0.6) is 0 Å². The number of carbonyl (C=O) groups is 1. The second-order valence-corrected chi connectivity index (χ2v) is 4.62. The number of anilines is 1. The number of nitrogens with one attached hydrogen (secondary N) is 2. The van der Waals surface area contributed by atoms with Gasteiger partial charge in [0.25, 0.3) is 0 Å². The normalized spacial score (nSPS) is 23.6. The van der Waals surface area contributed by atoms with Gasteiger partial charge in [0.15, 0.2) is 0 Å². The summed E-state index contributed by atoms with van der Waals surface area (Å²) in [7, 11) is 1.83. The zero-order valence-corrected chi connectivity index (χ0v) is 11.0. The van der Waals surface area contributed by atoms with E-state index in [1.165, 1.54) is 0 Å². The molecule has 0 aliphatic carbocycles. The van der Waals surface area contributed by atoms with Gasteiger partial charge in [-0.1, -0.05) is 0 Å². The van der Waals surface area contributed by atoms with Gasteiger partial charge in [0, 0.05) is 12.2 Å². The van der Waals surface area contributed by atoms with Gasteiger partial charge >= 0.3 is 0 Å². The Morgan fingerprint density at radius 2 is 2.41 bits per heavy atom. The van der Waals surface area contributed by atoms with Crippen molar-refractivity contribution < 1.29 is 9.53 Å². The van der Waals surface area contributed by atoms with Crippen LogP contribution >= 0.6 is 15.9 Å². The number of ether oxygens (including phenoxy) is 1. The Morgan fingerprint density at radius 3 is 3.12 bits per heavy atom. The van der Waals surface area contributed by atoms with E-state index < -0.39 is 0 Å². The molecule has 0 spiro atoms. The van der Waals surface area contributed by atoms with Crippen LogP contribution < -0.4 is 10.6 Å². The third-order valence-electron chi connectivity index (χ3n) is 2.81. The highest BCUT2D eigenvalue weighted by molar-refractivity contribution is 9.10. The predicted molar refractivity (Wildman–Crippen MR) is 67.7 cm³/mol. The molecule has 6 heteroatoms. The molecule has 1 fully saturated rings. The molecule has 0 bridgehead atoms. The molecule has 2 N–H and O–H groups in total. The van der Waals surface area contributed by atoms with Crippen LogP contribution in [0, 0.1) is 5.92 Å². The Bertz CT molecular complexity index is 413. The molecule has 1 aliphatic heterocycles. The largest absolute Gasteiger partial charge is 0.379 e. The molecule has 0 radical (unpaired) electrons. The predicted octanol–water partition coefficient (Wildman–Crippen LogP) is 1.02. The van der Waals surface area contributed by atoms with Crippen LogP contribution in [-0.4, -0.2) is 37.2 Å². The minimum atomic E-state index is -0.160. The van der Waals surface area contributed by atoms with Crippen molar-refractivity contribution in [3.8, 4) is 0 Å². The molecule has 1 aliphatic rings. The number of aromatic nitrogens is 1. The van der Waals surface area contributed by atoms with Gasteiger partial charge in [-0.25, -0.2) is 4.98 Å². The molecule has 1 aromatic rings. The lowest BCUT2D eigenvalue weighted by atomic mass is 10.0. The number of carbonyl (C=O) groups excluding carboxylic acids is 1. The molecule has 1 amide bonds. The van der Waals surface area contributed by atoms with E-state index in [0.29, 0.717) is 23.5 Å². The fourth-order valence-electron chi connectivity index (χ4n) is 1.80. The molecule has 0 aromatic carbocycles. The first-order valence-electron chi connectivity index (χ1n) is 5.38. The fourth-order valence-corrected chi connectivity index (χ4v) is 2.15. The van der Waals surface area contributed by atoms with E-state index >= 15 is 0 Å². The first kappa shape index (κ1) is 12.5. The van der Waals surface area contributed by atoms with Gasteiger partial charge in [-0.3, -0.25) is 4.79 Å². The molecule has 1 aromatic heterocycles. The summed E-state index contributed by atoms with van der Waals surface area (Å²) in [6.07, 6.45) is 1.66.